The van der Waals surface area contributed by atoms with Crippen LogP contribution in [0.15, 0.2) is 65.7 Å². The van der Waals surface area contributed by atoms with Crippen LogP contribution in [0.3, 0.4) is 0 Å². The molecule has 2 aromatic rings. The molecule has 7 heteroatoms. The van der Waals surface area contributed by atoms with Crippen LogP contribution in [0, 0.1) is 0 Å². The van der Waals surface area contributed by atoms with Crippen LogP contribution in [-0.2, 0) is 5.60 Å². The maximum absolute atomic E-state index is 10.8. The van der Waals surface area contributed by atoms with E-state index in [-0.39, 0.29) is 24.0 Å². The summed E-state index contributed by atoms with van der Waals surface area (Å²) < 4.78 is 0. The number of aliphatic imine (C=N–C) groups is 1. The van der Waals surface area contributed by atoms with Crippen LogP contribution in [0.25, 0.3) is 0 Å². The lowest BCUT2D eigenvalue weighted by atomic mass is 9.96. The van der Waals surface area contributed by atoms with Gasteiger partial charge < -0.3 is 20.6 Å². The van der Waals surface area contributed by atoms with Gasteiger partial charge >= 0.3 is 0 Å². The summed E-state index contributed by atoms with van der Waals surface area (Å²) in [5.74, 6) is 0.764. The van der Waals surface area contributed by atoms with Crippen molar-refractivity contribution in [3.05, 3.63) is 66.2 Å². The first-order valence-corrected chi connectivity index (χ1v) is 11.9. The number of para-hydroxylation sites is 1. The monoisotopic (exact) mass is 565 g/mol. The predicted molar refractivity (Wildman–Crippen MR) is 150 cm³/mol. The molecule has 6 nitrogen and oxygen atoms in total. The van der Waals surface area contributed by atoms with Crippen molar-refractivity contribution in [2.45, 2.75) is 32.3 Å². The fourth-order valence-electron chi connectivity index (χ4n) is 4.00. The predicted octanol–water partition coefficient (Wildman–Crippen LogP) is 3.67. The first-order chi connectivity index (χ1) is 15.6. The van der Waals surface area contributed by atoms with E-state index < -0.39 is 5.60 Å². The molecule has 1 unspecified atom stereocenters. The number of benzene rings is 2. The molecule has 1 saturated heterocycles. The van der Waals surface area contributed by atoms with Crippen LogP contribution >= 0.6 is 24.0 Å². The molecule has 0 spiro atoms. The van der Waals surface area contributed by atoms with Crippen molar-refractivity contribution in [2.24, 2.45) is 4.99 Å². The summed E-state index contributed by atoms with van der Waals surface area (Å²) in [4.78, 5) is 9.65. The molecule has 1 atom stereocenters. The van der Waals surface area contributed by atoms with E-state index in [4.69, 9.17) is 0 Å². The van der Waals surface area contributed by atoms with Gasteiger partial charge in [0.25, 0.3) is 0 Å². The zero-order chi connectivity index (χ0) is 22.7. The van der Waals surface area contributed by atoms with Gasteiger partial charge in [-0.2, -0.15) is 0 Å². The second-order valence-corrected chi connectivity index (χ2v) is 8.63. The first kappa shape index (κ1) is 27.4. The Morgan fingerprint density at radius 2 is 1.58 bits per heavy atom. The number of nitrogens with zero attached hydrogens (tertiary/aromatic N) is 3. The van der Waals surface area contributed by atoms with Crippen LogP contribution in [0.5, 0.6) is 0 Å². The molecule has 1 fully saturated rings. The molecule has 2 aromatic carbocycles. The third-order valence-corrected chi connectivity index (χ3v) is 5.97. The summed E-state index contributed by atoms with van der Waals surface area (Å²) in [6.07, 6.45) is 2.26. The average Bonchev–Trinajstić information content (AvgIpc) is 2.84. The van der Waals surface area contributed by atoms with Gasteiger partial charge in [-0.1, -0.05) is 48.5 Å². The minimum atomic E-state index is -0.981. The minimum absolute atomic E-state index is 0. The Kier molecular flexibility index (Phi) is 12.0. The van der Waals surface area contributed by atoms with Gasteiger partial charge in [0.2, 0.25) is 0 Å². The molecule has 3 N–H and O–H groups in total. The molecular weight excluding hydrogens is 525 g/mol. The highest BCUT2D eigenvalue weighted by Crippen LogP contribution is 2.20. The zero-order valence-electron chi connectivity index (χ0n) is 20.0. The third kappa shape index (κ3) is 9.14. The highest BCUT2D eigenvalue weighted by molar-refractivity contribution is 14.0. The third-order valence-electron chi connectivity index (χ3n) is 5.97. The normalized spacial score (nSPS) is 16.6. The molecular formula is C26H40IN5O. The number of halogens is 1. The Bertz CT molecular complexity index is 808. The smallest absolute Gasteiger partial charge is 0.191 e. The van der Waals surface area contributed by atoms with Gasteiger partial charge in [-0.3, -0.25) is 4.90 Å². The number of hydrogen-bond donors (Lipinski definition) is 3. The molecule has 1 aliphatic rings. The number of rotatable bonds is 10. The van der Waals surface area contributed by atoms with Crippen molar-refractivity contribution in [3.63, 3.8) is 0 Å². The number of anilines is 1. The van der Waals surface area contributed by atoms with E-state index in [2.05, 4.69) is 62.7 Å². The van der Waals surface area contributed by atoms with Gasteiger partial charge in [-0.15, -0.1) is 24.0 Å². The molecule has 0 aliphatic carbocycles. The zero-order valence-corrected chi connectivity index (χ0v) is 22.4. The van der Waals surface area contributed by atoms with E-state index >= 15 is 0 Å². The van der Waals surface area contributed by atoms with Crippen molar-refractivity contribution in [3.8, 4) is 0 Å². The van der Waals surface area contributed by atoms with E-state index in [9.17, 15) is 5.11 Å². The van der Waals surface area contributed by atoms with Crippen molar-refractivity contribution < 1.29 is 5.11 Å². The summed E-state index contributed by atoms with van der Waals surface area (Å²) in [5.41, 5.74) is 1.23. The molecule has 0 saturated carbocycles. The fraction of sp³-hybridized carbons (Fsp3) is 0.500. The van der Waals surface area contributed by atoms with Gasteiger partial charge in [0.1, 0.15) is 5.60 Å². The second kappa shape index (κ2) is 14.4. The van der Waals surface area contributed by atoms with Crippen molar-refractivity contribution >= 4 is 35.6 Å². The molecule has 182 valence electrons. The minimum Gasteiger partial charge on any atom is -0.384 e. The maximum Gasteiger partial charge on any atom is 0.191 e. The maximum atomic E-state index is 10.8. The van der Waals surface area contributed by atoms with E-state index in [1.807, 2.05) is 37.3 Å². The van der Waals surface area contributed by atoms with Crippen molar-refractivity contribution in [2.75, 3.05) is 57.3 Å². The SMILES string of the molecule is CCNC(=NCC(C)(O)c1ccccc1)NCCCCN1CCN(c2ccccc2)CC1.I. The number of aliphatic hydroxyl groups is 1. The molecule has 0 aromatic heterocycles. The molecule has 1 heterocycles. The second-order valence-electron chi connectivity index (χ2n) is 8.63. The highest BCUT2D eigenvalue weighted by atomic mass is 127. The molecule has 0 radical (unpaired) electrons. The topological polar surface area (TPSA) is 63.1 Å². The van der Waals surface area contributed by atoms with Crippen molar-refractivity contribution in [1.29, 1.82) is 0 Å². The number of hydrogen-bond acceptors (Lipinski definition) is 4. The van der Waals surface area contributed by atoms with Gasteiger partial charge in [-0.25, -0.2) is 4.99 Å². The van der Waals surface area contributed by atoms with Gasteiger partial charge in [0.05, 0.1) is 6.54 Å². The molecule has 0 bridgehead atoms. The Morgan fingerprint density at radius 1 is 0.939 bits per heavy atom. The van der Waals surface area contributed by atoms with Crippen LogP contribution in [0.4, 0.5) is 5.69 Å². The quantitative estimate of drug-likeness (QED) is 0.178. The molecule has 33 heavy (non-hydrogen) atoms. The lowest BCUT2D eigenvalue weighted by molar-refractivity contribution is 0.0672. The van der Waals surface area contributed by atoms with E-state index in [0.717, 1.165) is 63.8 Å². The lowest BCUT2D eigenvalue weighted by Crippen LogP contribution is -2.46. The van der Waals surface area contributed by atoms with E-state index in [0.29, 0.717) is 6.54 Å². The van der Waals surface area contributed by atoms with Gasteiger partial charge in [0, 0.05) is 45.0 Å². The summed E-state index contributed by atoms with van der Waals surface area (Å²) >= 11 is 0. The molecule has 3 rings (SSSR count). The summed E-state index contributed by atoms with van der Waals surface area (Å²) in [7, 11) is 0. The Hall–Kier alpha value is -1.84. The number of piperazine rings is 1. The van der Waals surface area contributed by atoms with Crippen LogP contribution in [-0.4, -0.2) is 68.3 Å². The Balaban J connectivity index is 0.00000385. The van der Waals surface area contributed by atoms with Crippen LogP contribution in [0.2, 0.25) is 0 Å². The van der Waals surface area contributed by atoms with E-state index in [1.165, 1.54) is 12.1 Å². The van der Waals surface area contributed by atoms with Crippen molar-refractivity contribution in [1.82, 2.24) is 15.5 Å². The lowest BCUT2D eigenvalue weighted by Gasteiger charge is -2.36. The highest BCUT2D eigenvalue weighted by Gasteiger charge is 2.22. The van der Waals surface area contributed by atoms with Crippen LogP contribution < -0.4 is 15.5 Å². The Morgan fingerprint density at radius 3 is 2.21 bits per heavy atom. The number of guanidine groups is 1. The van der Waals surface area contributed by atoms with Gasteiger partial charge in [0.15, 0.2) is 5.96 Å². The van der Waals surface area contributed by atoms with E-state index in [1.54, 1.807) is 0 Å². The summed E-state index contributed by atoms with van der Waals surface area (Å²) in [5, 5.41) is 17.5. The summed E-state index contributed by atoms with van der Waals surface area (Å²) in [6.45, 7) is 11.4. The average molecular weight is 566 g/mol. The fourth-order valence-corrected chi connectivity index (χ4v) is 4.00. The molecule has 1 aliphatic heterocycles. The standard InChI is InChI=1S/C26H39N5O.HI/c1-3-27-25(29-22-26(2,32)23-12-6-4-7-13-23)28-16-10-11-17-30-18-20-31(21-19-30)24-14-8-5-9-15-24;/h4-9,12-15,32H,3,10-11,16-22H2,1-2H3,(H2,27,28,29);1H. The van der Waals surface area contributed by atoms with Crippen LogP contribution in [0.1, 0.15) is 32.3 Å². The summed E-state index contributed by atoms with van der Waals surface area (Å²) in [6, 6.07) is 20.4. The Labute approximate surface area is 216 Å². The largest absolute Gasteiger partial charge is 0.384 e. The number of nitrogens with one attached hydrogen (secondary N) is 2. The number of unbranched alkanes of at least 4 members (excludes halogenated alkanes) is 1. The molecule has 0 amide bonds. The van der Waals surface area contributed by atoms with Gasteiger partial charge in [-0.05, 0) is 50.9 Å². The first-order valence-electron chi connectivity index (χ1n) is 11.9.